The maximum Gasteiger partial charge on any atom is 0.0540 e. The van der Waals surface area contributed by atoms with Crippen LogP contribution in [0.4, 0.5) is 17.1 Å². The van der Waals surface area contributed by atoms with E-state index in [4.69, 9.17) is 0 Å². The summed E-state index contributed by atoms with van der Waals surface area (Å²) in [4.78, 5) is 2.49. The van der Waals surface area contributed by atoms with E-state index in [1.54, 1.807) is 0 Å². The molecule has 0 spiro atoms. The van der Waals surface area contributed by atoms with Crippen LogP contribution in [0.3, 0.4) is 0 Å². The highest BCUT2D eigenvalue weighted by molar-refractivity contribution is 6.00. The minimum atomic E-state index is -0.0894. The number of hydrogen-bond donors (Lipinski definition) is 0. The summed E-state index contributed by atoms with van der Waals surface area (Å²) in [7, 11) is 0. The molecule has 264 valence electrons. The van der Waals surface area contributed by atoms with Gasteiger partial charge < -0.3 is 4.90 Å². The molecule has 0 radical (unpaired) electrons. The van der Waals surface area contributed by atoms with E-state index in [9.17, 15) is 0 Å². The van der Waals surface area contributed by atoms with Crippen molar-refractivity contribution in [2.75, 3.05) is 4.90 Å². The van der Waals surface area contributed by atoms with Crippen LogP contribution in [0.15, 0.2) is 188 Å². The number of anilines is 3. The number of benzene rings is 8. The normalized spacial score (nSPS) is 14.1. The molecule has 0 bridgehead atoms. The van der Waals surface area contributed by atoms with Gasteiger partial charge in [0.15, 0.2) is 0 Å². The van der Waals surface area contributed by atoms with E-state index < -0.39 is 0 Å². The Morgan fingerprint density at radius 3 is 1.58 bits per heavy atom. The third-order valence-electron chi connectivity index (χ3n) is 12.3. The summed E-state index contributed by atoms with van der Waals surface area (Å²) in [5.74, 6) is 0. The predicted molar refractivity (Wildman–Crippen MR) is 233 cm³/mol. The SMILES string of the molecule is CC1(C)c2ccccc2-c2cc(-c3ccccc3N(c3cccc(-c4ccccc4)c3)c3ccccc3-c3cccc4c3-c3ccccc3C4(C)C)ccc21. The van der Waals surface area contributed by atoms with E-state index >= 15 is 0 Å². The summed E-state index contributed by atoms with van der Waals surface area (Å²) in [6.07, 6.45) is 0. The van der Waals surface area contributed by atoms with Gasteiger partial charge in [-0.2, -0.15) is 0 Å². The van der Waals surface area contributed by atoms with E-state index in [0.29, 0.717) is 0 Å². The first-order valence-electron chi connectivity index (χ1n) is 19.4. The van der Waals surface area contributed by atoms with Crippen molar-refractivity contribution in [1.29, 1.82) is 0 Å². The van der Waals surface area contributed by atoms with Gasteiger partial charge in [0.1, 0.15) is 0 Å². The molecule has 0 aliphatic heterocycles. The van der Waals surface area contributed by atoms with Gasteiger partial charge in [0.05, 0.1) is 11.4 Å². The molecule has 8 aromatic rings. The zero-order valence-electron chi connectivity index (χ0n) is 31.8. The highest BCUT2D eigenvalue weighted by Crippen LogP contribution is 2.55. The molecule has 0 saturated heterocycles. The summed E-state index contributed by atoms with van der Waals surface area (Å²) in [5, 5.41) is 0. The first-order valence-corrected chi connectivity index (χ1v) is 19.4. The smallest absolute Gasteiger partial charge is 0.0540 e. The third kappa shape index (κ3) is 5.14. The fraction of sp³-hybridized carbons (Fsp3) is 0.111. The molecule has 0 saturated carbocycles. The van der Waals surface area contributed by atoms with Gasteiger partial charge >= 0.3 is 0 Å². The second-order valence-corrected chi connectivity index (χ2v) is 16.1. The molecule has 8 aromatic carbocycles. The molecule has 0 aromatic heterocycles. The van der Waals surface area contributed by atoms with Crippen LogP contribution >= 0.6 is 0 Å². The quantitative estimate of drug-likeness (QED) is 0.166. The minimum absolute atomic E-state index is 0.0457. The fourth-order valence-electron chi connectivity index (χ4n) is 9.54. The Morgan fingerprint density at radius 2 is 0.818 bits per heavy atom. The molecular weight excluding hydrogens is 663 g/mol. The summed E-state index contributed by atoms with van der Waals surface area (Å²) in [6.45, 7) is 9.43. The lowest BCUT2D eigenvalue weighted by atomic mass is 9.82. The lowest BCUT2D eigenvalue weighted by molar-refractivity contribution is 0.660. The topological polar surface area (TPSA) is 3.24 Å². The van der Waals surface area contributed by atoms with Gasteiger partial charge in [-0.1, -0.05) is 185 Å². The van der Waals surface area contributed by atoms with Crippen LogP contribution in [-0.4, -0.2) is 0 Å². The van der Waals surface area contributed by atoms with Crippen LogP contribution in [0.25, 0.3) is 55.6 Å². The first-order chi connectivity index (χ1) is 26.8. The third-order valence-corrected chi connectivity index (χ3v) is 12.3. The van der Waals surface area contributed by atoms with Crippen molar-refractivity contribution in [2.45, 2.75) is 38.5 Å². The maximum atomic E-state index is 2.49. The van der Waals surface area contributed by atoms with Crippen LogP contribution in [0.1, 0.15) is 49.9 Å². The second kappa shape index (κ2) is 12.6. The Bertz CT molecular complexity index is 2770. The first kappa shape index (κ1) is 33.2. The standard InChI is InChI=1S/C54H43N/c1-53(2)46-27-12-8-23-41(46)45-35-38(32-33-48(45)53)40-22-10-14-30-50(40)55(39-21-16-20-37(34-39)36-18-6-5-7-19-36)51-31-15-11-24-42(51)43-26-17-29-49-52(43)44-25-9-13-28-47(44)54(49,3)4/h5-35H,1-4H3. The lowest BCUT2D eigenvalue weighted by Crippen LogP contribution is -2.15. The molecule has 0 atom stereocenters. The van der Waals surface area contributed by atoms with Crippen molar-refractivity contribution in [3.05, 3.63) is 210 Å². The predicted octanol–water partition coefficient (Wildman–Crippen LogP) is 14.8. The molecule has 10 rings (SSSR count). The van der Waals surface area contributed by atoms with E-state index in [0.717, 1.165) is 17.1 Å². The largest absolute Gasteiger partial charge is 0.309 e. The monoisotopic (exact) mass is 705 g/mol. The molecule has 0 heterocycles. The number of rotatable bonds is 6. The molecule has 0 N–H and O–H groups in total. The fourth-order valence-corrected chi connectivity index (χ4v) is 9.54. The van der Waals surface area contributed by atoms with Gasteiger partial charge in [0, 0.05) is 27.6 Å². The molecule has 0 amide bonds. The van der Waals surface area contributed by atoms with E-state index in [1.807, 2.05) is 0 Å². The van der Waals surface area contributed by atoms with Crippen LogP contribution in [0.2, 0.25) is 0 Å². The Morgan fingerprint density at radius 1 is 0.309 bits per heavy atom. The summed E-state index contributed by atoms with van der Waals surface area (Å²) in [5.41, 5.74) is 21.4. The molecule has 55 heavy (non-hydrogen) atoms. The number of hydrogen-bond acceptors (Lipinski definition) is 1. The van der Waals surface area contributed by atoms with E-state index in [2.05, 4.69) is 221 Å². The molecule has 0 unspecified atom stereocenters. The molecular formula is C54H43N. The highest BCUT2D eigenvalue weighted by atomic mass is 15.1. The van der Waals surface area contributed by atoms with E-state index in [1.165, 1.54) is 77.9 Å². The number of fused-ring (bicyclic) bond motifs is 6. The molecule has 1 heteroatoms. The van der Waals surface area contributed by atoms with Gasteiger partial charge in [-0.05, 0) is 97.1 Å². The van der Waals surface area contributed by atoms with Gasteiger partial charge in [-0.25, -0.2) is 0 Å². The average Bonchev–Trinajstić information content (AvgIpc) is 3.61. The van der Waals surface area contributed by atoms with Crippen molar-refractivity contribution in [1.82, 2.24) is 0 Å². The van der Waals surface area contributed by atoms with Gasteiger partial charge in [0.2, 0.25) is 0 Å². The van der Waals surface area contributed by atoms with Gasteiger partial charge in [-0.15, -0.1) is 0 Å². The Hall–Kier alpha value is -6.44. The van der Waals surface area contributed by atoms with Crippen molar-refractivity contribution in [2.24, 2.45) is 0 Å². The van der Waals surface area contributed by atoms with Gasteiger partial charge in [-0.3, -0.25) is 0 Å². The second-order valence-electron chi connectivity index (χ2n) is 16.1. The Labute approximate surface area is 325 Å². The minimum Gasteiger partial charge on any atom is -0.309 e. The molecule has 2 aliphatic carbocycles. The molecule has 0 fully saturated rings. The van der Waals surface area contributed by atoms with Crippen molar-refractivity contribution in [3.8, 4) is 55.6 Å². The Balaban J connectivity index is 1.22. The molecule has 2 aliphatic rings. The number of para-hydroxylation sites is 2. The zero-order chi connectivity index (χ0) is 37.3. The van der Waals surface area contributed by atoms with Crippen LogP contribution in [0.5, 0.6) is 0 Å². The van der Waals surface area contributed by atoms with Crippen LogP contribution < -0.4 is 4.90 Å². The molecule has 1 nitrogen and oxygen atoms in total. The van der Waals surface area contributed by atoms with E-state index in [-0.39, 0.29) is 10.8 Å². The maximum absolute atomic E-state index is 2.49. The summed E-state index contributed by atoms with van der Waals surface area (Å²) >= 11 is 0. The Kier molecular flexibility index (Phi) is 7.58. The van der Waals surface area contributed by atoms with Crippen LogP contribution in [0, 0.1) is 0 Å². The zero-order valence-corrected chi connectivity index (χ0v) is 31.8. The van der Waals surface area contributed by atoms with Crippen molar-refractivity contribution in [3.63, 3.8) is 0 Å². The highest BCUT2D eigenvalue weighted by Gasteiger charge is 2.38. The van der Waals surface area contributed by atoms with Crippen LogP contribution in [-0.2, 0) is 10.8 Å². The van der Waals surface area contributed by atoms with Crippen molar-refractivity contribution >= 4 is 17.1 Å². The average molecular weight is 706 g/mol. The summed E-state index contributed by atoms with van der Waals surface area (Å²) in [6, 6.07) is 69.6. The van der Waals surface area contributed by atoms with Gasteiger partial charge in [0.25, 0.3) is 0 Å². The summed E-state index contributed by atoms with van der Waals surface area (Å²) < 4.78 is 0. The number of nitrogens with zero attached hydrogens (tertiary/aromatic N) is 1. The lowest BCUT2D eigenvalue weighted by Gasteiger charge is -2.31. The van der Waals surface area contributed by atoms with Crippen molar-refractivity contribution < 1.29 is 0 Å².